The van der Waals surface area contributed by atoms with Gasteiger partial charge in [0.15, 0.2) is 5.82 Å². The number of nitrogens with zero attached hydrogens (tertiary/aromatic N) is 3. The van der Waals surface area contributed by atoms with Crippen LogP contribution in [0.3, 0.4) is 0 Å². The molecular formula is C26H23F7N4O. The second kappa shape index (κ2) is 10.5. The lowest BCUT2D eigenvalue weighted by Crippen LogP contribution is -2.47. The highest BCUT2D eigenvalue weighted by atomic mass is 19.4. The van der Waals surface area contributed by atoms with Crippen LogP contribution in [0.25, 0.3) is 0 Å². The highest BCUT2D eigenvalue weighted by molar-refractivity contribution is 5.82. The maximum absolute atomic E-state index is 14.0. The summed E-state index contributed by atoms with van der Waals surface area (Å²) in [5, 5.41) is 0. The number of rotatable bonds is 5. The van der Waals surface area contributed by atoms with Crippen LogP contribution in [0.1, 0.15) is 28.8 Å². The Labute approximate surface area is 213 Å². The number of hydrogen-bond donors (Lipinski definition) is 1. The van der Waals surface area contributed by atoms with E-state index in [1.54, 1.807) is 18.2 Å². The molecule has 0 aliphatic carbocycles. The molecule has 1 aromatic heterocycles. The van der Waals surface area contributed by atoms with E-state index in [-0.39, 0.29) is 30.0 Å². The highest BCUT2D eigenvalue weighted by Gasteiger charge is 2.46. The molecule has 4 rings (SSSR count). The molecule has 3 aromatic rings. The molecule has 0 fully saturated rings. The lowest BCUT2D eigenvalue weighted by atomic mass is 10.0. The van der Waals surface area contributed by atoms with Gasteiger partial charge in [0.25, 0.3) is 0 Å². The maximum Gasteiger partial charge on any atom is 0.471 e. The molecule has 2 aromatic carbocycles. The molecule has 202 valence electrons. The van der Waals surface area contributed by atoms with Crippen molar-refractivity contribution >= 4 is 17.3 Å². The Morgan fingerprint density at radius 3 is 2.37 bits per heavy atom. The zero-order valence-corrected chi connectivity index (χ0v) is 19.9. The first-order chi connectivity index (χ1) is 17.8. The number of nitrogen functional groups attached to an aromatic ring is 1. The van der Waals surface area contributed by atoms with Crippen molar-refractivity contribution in [3.63, 3.8) is 0 Å². The summed E-state index contributed by atoms with van der Waals surface area (Å²) in [6.07, 6.45) is -8.71. The van der Waals surface area contributed by atoms with Crippen LogP contribution in [0.2, 0.25) is 0 Å². The first kappa shape index (κ1) is 27.2. The third-order valence-electron chi connectivity index (χ3n) is 6.40. The lowest BCUT2D eigenvalue weighted by molar-refractivity contribution is -0.186. The molecule has 1 atom stereocenters. The largest absolute Gasteiger partial charge is 0.471 e. The molecule has 12 heteroatoms. The summed E-state index contributed by atoms with van der Waals surface area (Å²) in [6, 6.07) is 12.7. The molecule has 1 amide bonds. The quantitative estimate of drug-likeness (QED) is 0.420. The predicted octanol–water partition coefficient (Wildman–Crippen LogP) is 5.73. The van der Waals surface area contributed by atoms with Crippen LogP contribution in [0, 0.1) is 5.82 Å². The van der Waals surface area contributed by atoms with Gasteiger partial charge in [0.05, 0.1) is 29.7 Å². The number of halogens is 7. The third kappa shape index (κ3) is 6.00. The van der Waals surface area contributed by atoms with Gasteiger partial charge in [0, 0.05) is 30.4 Å². The molecule has 0 radical (unpaired) electrons. The number of aryl methyl sites for hydroxylation is 1. The van der Waals surface area contributed by atoms with E-state index in [0.29, 0.717) is 11.3 Å². The molecule has 0 saturated carbocycles. The van der Waals surface area contributed by atoms with Gasteiger partial charge in [-0.25, -0.2) is 4.39 Å². The molecule has 1 aliphatic rings. The number of nitrogens with two attached hydrogens (primary N) is 1. The van der Waals surface area contributed by atoms with Gasteiger partial charge >= 0.3 is 18.3 Å². The van der Waals surface area contributed by atoms with Crippen molar-refractivity contribution in [3.05, 3.63) is 89.0 Å². The summed E-state index contributed by atoms with van der Waals surface area (Å²) in [5.74, 6) is -3.01. The van der Waals surface area contributed by atoms with Crippen molar-refractivity contribution in [1.82, 2.24) is 9.88 Å². The van der Waals surface area contributed by atoms with E-state index in [1.807, 2.05) is 12.1 Å². The number of carbonyl (C=O) groups excluding carboxylic acids is 1. The SMILES string of the molecule is Nc1cc(CN2c3cccc(C(F)(F)F)c3CN(C(=O)C(F)(F)F)C[C@@H]2CCc2ccccc2)ncc1F. The van der Waals surface area contributed by atoms with Gasteiger partial charge in [-0.2, -0.15) is 26.3 Å². The van der Waals surface area contributed by atoms with Gasteiger partial charge in [-0.1, -0.05) is 36.4 Å². The van der Waals surface area contributed by atoms with E-state index in [4.69, 9.17) is 5.73 Å². The number of pyridine rings is 1. The molecule has 38 heavy (non-hydrogen) atoms. The summed E-state index contributed by atoms with van der Waals surface area (Å²) in [7, 11) is 0. The topological polar surface area (TPSA) is 62.5 Å². The van der Waals surface area contributed by atoms with E-state index in [9.17, 15) is 35.5 Å². The Morgan fingerprint density at radius 2 is 1.74 bits per heavy atom. The molecule has 0 bridgehead atoms. The van der Waals surface area contributed by atoms with E-state index in [0.717, 1.165) is 23.9 Å². The van der Waals surface area contributed by atoms with Crippen molar-refractivity contribution in [2.45, 2.75) is 44.3 Å². The number of fused-ring (bicyclic) bond motifs is 1. The van der Waals surface area contributed by atoms with E-state index in [2.05, 4.69) is 4.98 Å². The summed E-state index contributed by atoms with van der Waals surface area (Å²) < 4.78 is 96.1. The Balaban J connectivity index is 1.84. The monoisotopic (exact) mass is 540 g/mol. The van der Waals surface area contributed by atoms with Crippen molar-refractivity contribution in [2.24, 2.45) is 0 Å². The van der Waals surface area contributed by atoms with Crippen molar-refractivity contribution in [1.29, 1.82) is 0 Å². The number of alkyl halides is 6. The number of benzene rings is 2. The van der Waals surface area contributed by atoms with Gasteiger partial charge in [0.1, 0.15) is 0 Å². The van der Waals surface area contributed by atoms with Crippen molar-refractivity contribution < 1.29 is 35.5 Å². The first-order valence-electron chi connectivity index (χ1n) is 11.6. The summed E-state index contributed by atoms with van der Waals surface area (Å²) in [6.45, 7) is -1.55. The number of aromatic nitrogens is 1. The Morgan fingerprint density at radius 1 is 1.03 bits per heavy atom. The number of hydrogen-bond acceptors (Lipinski definition) is 4. The fourth-order valence-corrected chi connectivity index (χ4v) is 4.61. The smallest absolute Gasteiger partial charge is 0.396 e. The second-order valence-electron chi connectivity index (χ2n) is 8.99. The number of anilines is 2. The molecule has 0 saturated heterocycles. The van der Waals surface area contributed by atoms with Crippen LogP contribution in [-0.4, -0.2) is 34.6 Å². The van der Waals surface area contributed by atoms with Crippen LogP contribution in [0.15, 0.2) is 60.8 Å². The van der Waals surface area contributed by atoms with Crippen LogP contribution in [0.4, 0.5) is 42.1 Å². The maximum atomic E-state index is 14.0. The second-order valence-corrected chi connectivity index (χ2v) is 8.99. The third-order valence-corrected chi connectivity index (χ3v) is 6.40. The number of amides is 1. The molecule has 1 aliphatic heterocycles. The van der Waals surface area contributed by atoms with E-state index < -0.39 is 54.3 Å². The minimum Gasteiger partial charge on any atom is -0.396 e. The Kier molecular flexibility index (Phi) is 7.52. The highest BCUT2D eigenvalue weighted by Crippen LogP contribution is 2.40. The zero-order chi connectivity index (χ0) is 27.7. The molecule has 5 nitrogen and oxygen atoms in total. The van der Waals surface area contributed by atoms with Gasteiger partial charge in [0.2, 0.25) is 0 Å². The lowest BCUT2D eigenvalue weighted by Gasteiger charge is -2.34. The number of carbonyl (C=O) groups is 1. The van der Waals surface area contributed by atoms with Gasteiger partial charge in [-0.15, -0.1) is 0 Å². The average Bonchev–Trinajstić information content (AvgIpc) is 3.00. The normalized spacial score (nSPS) is 16.2. The molecule has 0 spiro atoms. The van der Waals surface area contributed by atoms with Gasteiger partial charge in [-0.05, 0) is 36.6 Å². The fraction of sp³-hybridized carbons (Fsp3) is 0.308. The van der Waals surface area contributed by atoms with Crippen LogP contribution in [-0.2, 0) is 30.5 Å². The summed E-state index contributed by atoms with van der Waals surface area (Å²) in [5.41, 5.74) is 4.89. The first-order valence-corrected chi connectivity index (χ1v) is 11.6. The summed E-state index contributed by atoms with van der Waals surface area (Å²) >= 11 is 0. The van der Waals surface area contributed by atoms with E-state index >= 15 is 0 Å². The molecular weight excluding hydrogens is 517 g/mol. The van der Waals surface area contributed by atoms with E-state index in [1.165, 1.54) is 17.0 Å². The fourth-order valence-electron chi connectivity index (χ4n) is 4.61. The van der Waals surface area contributed by atoms with Crippen molar-refractivity contribution in [3.8, 4) is 0 Å². The minimum atomic E-state index is -5.28. The zero-order valence-electron chi connectivity index (χ0n) is 19.9. The van der Waals surface area contributed by atoms with Crippen LogP contribution < -0.4 is 10.6 Å². The standard InChI is InChI=1S/C26H23F7N4O/c27-21-12-35-17(11-22(21)34)13-37-18(10-9-16-5-2-1-3-6-16)14-36(24(38)26(31,32)33)15-19-20(25(28,29)30)7-4-8-23(19)37/h1-8,11-12,18H,9-10,13-15H2,(H2,34,35)/t18-/m0/s1. The minimum absolute atomic E-state index is 0.0139. The van der Waals surface area contributed by atoms with Gasteiger partial charge in [-0.3, -0.25) is 9.78 Å². The van der Waals surface area contributed by atoms with Crippen molar-refractivity contribution in [2.75, 3.05) is 17.2 Å². The Hall–Kier alpha value is -3.83. The summed E-state index contributed by atoms with van der Waals surface area (Å²) in [4.78, 5) is 18.2. The molecule has 2 heterocycles. The predicted molar refractivity (Wildman–Crippen MR) is 126 cm³/mol. The van der Waals surface area contributed by atoms with Crippen LogP contribution >= 0.6 is 0 Å². The van der Waals surface area contributed by atoms with Crippen LogP contribution in [0.5, 0.6) is 0 Å². The Bertz CT molecular complexity index is 1290. The van der Waals surface area contributed by atoms with Gasteiger partial charge < -0.3 is 15.5 Å². The molecule has 2 N–H and O–H groups in total. The molecule has 0 unspecified atom stereocenters. The average molecular weight is 540 g/mol.